The highest BCUT2D eigenvalue weighted by Crippen LogP contribution is 2.32. The van der Waals surface area contributed by atoms with Crippen LogP contribution in [0.2, 0.25) is 15.1 Å². The van der Waals surface area contributed by atoms with Gasteiger partial charge in [0.2, 0.25) is 0 Å². The van der Waals surface area contributed by atoms with Gasteiger partial charge in [-0.25, -0.2) is 4.79 Å². The second-order valence-corrected chi connectivity index (χ2v) is 5.11. The fourth-order valence-corrected chi connectivity index (χ4v) is 2.23. The van der Waals surface area contributed by atoms with Gasteiger partial charge >= 0.3 is 6.09 Å². The van der Waals surface area contributed by atoms with Crippen LogP contribution < -0.4 is 16.2 Å². The summed E-state index contributed by atoms with van der Waals surface area (Å²) in [6.07, 6.45) is 0.0888. The Bertz CT molecular complexity index is 663. The smallest absolute Gasteiger partial charge is 0.414 e. The molecule has 10 heteroatoms. The van der Waals surface area contributed by atoms with Crippen molar-refractivity contribution in [3.05, 3.63) is 39.0 Å². The van der Waals surface area contributed by atoms with Gasteiger partial charge in [-0.05, 0) is 19.1 Å². The van der Waals surface area contributed by atoms with E-state index in [-0.39, 0.29) is 22.2 Å². The number of ether oxygens (including phenoxy) is 1. The van der Waals surface area contributed by atoms with E-state index in [9.17, 15) is 9.59 Å². The minimum atomic E-state index is -0.949. The molecule has 0 radical (unpaired) electrons. The number of nitrogens with one attached hydrogen (secondary N) is 3. The fourth-order valence-electron chi connectivity index (χ4n) is 1.32. The molecule has 0 spiro atoms. The highest BCUT2D eigenvalue weighted by Gasteiger charge is 2.13. The first-order valence-electron chi connectivity index (χ1n) is 6.13. The van der Waals surface area contributed by atoms with Crippen molar-refractivity contribution in [3.63, 3.8) is 0 Å². The Morgan fingerprint density at radius 1 is 1.30 bits per heavy atom. The van der Waals surface area contributed by atoms with Gasteiger partial charge in [0.15, 0.2) is 0 Å². The predicted octanol–water partition coefficient (Wildman–Crippen LogP) is 3.24. The summed E-state index contributed by atoms with van der Waals surface area (Å²) in [5.74, 6) is -0.923. The van der Waals surface area contributed by atoms with Crippen LogP contribution in [-0.4, -0.2) is 18.6 Å². The Morgan fingerprint density at radius 2 is 1.91 bits per heavy atom. The summed E-state index contributed by atoms with van der Waals surface area (Å²) in [6, 6.07) is 4.55. The maximum Gasteiger partial charge on any atom is 0.414 e. The summed E-state index contributed by atoms with van der Waals surface area (Å²) < 4.78 is 4.53. The summed E-state index contributed by atoms with van der Waals surface area (Å²) in [4.78, 5) is 22.8. The molecule has 0 bridgehead atoms. The first kappa shape index (κ1) is 18.9. The molecule has 0 atom stereocenters. The van der Waals surface area contributed by atoms with Crippen molar-refractivity contribution in [2.45, 2.75) is 6.92 Å². The van der Waals surface area contributed by atoms with E-state index in [1.54, 1.807) is 13.0 Å². The average Bonchev–Trinajstić information content (AvgIpc) is 2.45. The maximum absolute atomic E-state index is 11.6. The van der Waals surface area contributed by atoms with E-state index < -0.39 is 12.0 Å². The number of nitrogens with zero attached hydrogens (tertiary/aromatic N) is 1. The van der Waals surface area contributed by atoms with Gasteiger partial charge in [0.05, 0.1) is 22.3 Å². The molecule has 1 aromatic carbocycles. The number of amides is 2. The van der Waals surface area contributed by atoms with Crippen LogP contribution in [0.4, 0.5) is 10.5 Å². The van der Waals surface area contributed by atoms with Crippen LogP contribution in [0.25, 0.3) is 0 Å². The van der Waals surface area contributed by atoms with Gasteiger partial charge in [0.1, 0.15) is 11.6 Å². The molecule has 23 heavy (non-hydrogen) atoms. The third-order valence-corrected chi connectivity index (χ3v) is 3.09. The van der Waals surface area contributed by atoms with Gasteiger partial charge in [0.25, 0.3) is 5.91 Å². The van der Waals surface area contributed by atoms with Crippen molar-refractivity contribution in [1.29, 1.82) is 5.26 Å². The van der Waals surface area contributed by atoms with Crippen molar-refractivity contribution in [2.75, 3.05) is 12.0 Å². The summed E-state index contributed by atoms with van der Waals surface area (Å²) in [5.41, 5.74) is 5.02. The normalized spacial score (nSPS) is 10.5. The zero-order chi connectivity index (χ0) is 17.4. The lowest BCUT2D eigenvalue weighted by molar-refractivity contribution is -0.116. The molecule has 3 N–H and O–H groups in total. The molecular weight excluding hydrogens is 367 g/mol. The van der Waals surface area contributed by atoms with E-state index in [1.807, 2.05) is 5.32 Å². The number of carbonyl (C=O) groups excluding carboxylic acids is 2. The number of halogens is 3. The van der Waals surface area contributed by atoms with Crippen LogP contribution in [0.1, 0.15) is 6.92 Å². The number of carbonyl (C=O) groups is 2. The maximum atomic E-state index is 11.6. The number of nitriles is 1. The standard InChI is InChI=1S/C13H11Cl3N4O3/c1-2-23-13(22)19-12(21)7(5-17)6-18-20-11-9(15)3-8(14)4-10(11)16/h3-4,6,18,20H,2H2,1H3,(H,19,21,22). The molecule has 122 valence electrons. The lowest BCUT2D eigenvalue weighted by atomic mass is 10.3. The third-order valence-electron chi connectivity index (χ3n) is 2.28. The number of benzene rings is 1. The van der Waals surface area contributed by atoms with E-state index in [2.05, 4.69) is 15.6 Å². The summed E-state index contributed by atoms with van der Waals surface area (Å²) in [6.45, 7) is 1.67. The van der Waals surface area contributed by atoms with E-state index in [0.29, 0.717) is 10.7 Å². The Labute approximate surface area is 147 Å². The largest absolute Gasteiger partial charge is 0.450 e. The molecule has 0 saturated heterocycles. The van der Waals surface area contributed by atoms with Crippen molar-refractivity contribution in [1.82, 2.24) is 10.7 Å². The number of hydrazine groups is 1. The number of hydrogen-bond donors (Lipinski definition) is 3. The van der Waals surface area contributed by atoms with E-state index in [0.717, 1.165) is 6.20 Å². The topological polar surface area (TPSA) is 103 Å². The molecule has 7 nitrogen and oxygen atoms in total. The van der Waals surface area contributed by atoms with Crippen LogP contribution in [0.3, 0.4) is 0 Å². The Hall–Kier alpha value is -2.14. The molecule has 0 aliphatic heterocycles. The molecule has 2 amide bonds. The van der Waals surface area contributed by atoms with E-state index in [4.69, 9.17) is 40.1 Å². The second kappa shape index (κ2) is 9.10. The molecule has 0 unspecified atom stereocenters. The zero-order valence-corrected chi connectivity index (χ0v) is 14.0. The van der Waals surface area contributed by atoms with Crippen LogP contribution >= 0.6 is 34.8 Å². The van der Waals surface area contributed by atoms with Crippen LogP contribution in [0, 0.1) is 11.3 Å². The minimum Gasteiger partial charge on any atom is -0.450 e. The third kappa shape index (κ3) is 5.87. The van der Waals surface area contributed by atoms with Gasteiger partial charge in [-0.3, -0.25) is 15.5 Å². The second-order valence-electron chi connectivity index (χ2n) is 3.86. The number of rotatable bonds is 5. The number of alkyl carbamates (subject to hydrolysis) is 1. The SMILES string of the molecule is CCOC(=O)NC(=O)C(C#N)=CNNc1c(Cl)cc(Cl)cc1Cl. The summed E-state index contributed by atoms with van der Waals surface area (Å²) in [7, 11) is 0. The monoisotopic (exact) mass is 376 g/mol. The van der Waals surface area contributed by atoms with Crippen LogP contribution in [0.5, 0.6) is 0 Å². The summed E-state index contributed by atoms with van der Waals surface area (Å²) >= 11 is 17.7. The Balaban J connectivity index is 2.73. The average molecular weight is 378 g/mol. The predicted molar refractivity (Wildman–Crippen MR) is 87.1 cm³/mol. The number of hydrogen-bond acceptors (Lipinski definition) is 6. The highest BCUT2D eigenvalue weighted by atomic mass is 35.5. The highest BCUT2D eigenvalue weighted by molar-refractivity contribution is 6.41. The molecule has 0 fully saturated rings. The first-order valence-corrected chi connectivity index (χ1v) is 7.26. The molecule has 1 rings (SSSR count). The van der Waals surface area contributed by atoms with Crippen molar-refractivity contribution < 1.29 is 14.3 Å². The van der Waals surface area contributed by atoms with Crippen LogP contribution in [-0.2, 0) is 9.53 Å². The van der Waals surface area contributed by atoms with Crippen LogP contribution in [0.15, 0.2) is 23.9 Å². The van der Waals surface area contributed by atoms with Crippen molar-refractivity contribution in [2.24, 2.45) is 0 Å². The molecule has 1 aromatic rings. The number of imide groups is 1. The van der Waals surface area contributed by atoms with Crippen molar-refractivity contribution in [3.8, 4) is 6.07 Å². The summed E-state index contributed by atoms with van der Waals surface area (Å²) in [5, 5.41) is 11.6. The van der Waals surface area contributed by atoms with Gasteiger partial charge < -0.3 is 10.2 Å². The minimum absolute atomic E-state index is 0.0953. The molecule has 0 aliphatic carbocycles. The molecular formula is C13H11Cl3N4O3. The lowest BCUT2D eigenvalue weighted by Crippen LogP contribution is -2.32. The van der Waals surface area contributed by atoms with Gasteiger partial charge in [-0.1, -0.05) is 34.8 Å². The molecule has 0 heterocycles. The van der Waals surface area contributed by atoms with E-state index in [1.165, 1.54) is 12.1 Å². The van der Waals surface area contributed by atoms with Gasteiger partial charge in [-0.2, -0.15) is 5.26 Å². The fraction of sp³-hybridized carbons (Fsp3) is 0.154. The Kier molecular flexibility index (Phi) is 7.48. The quantitative estimate of drug-likeness (QED) is 0.413. The first-order chi connectivity index (χ1) is 10.9. The van der Waals surface area contributed by atoms with Gasteiger partial charge in [0, 0.05) is 11.2 Å². The lowest BCUT2D eigenvalue weighted by Gasteiger charge is -2.10. The number of anilines is 1. The molecule has 0 aromatic heterocycles. The molecule has 0 saturated carbocycles. The van der Waals surface area contributed by atoms with Gasteiger partial charge in [-0.15, -0.1) is 0 Å². The van der Waals surface area contributed by atoms with Crippen molar-refractivity contribution >= 4 is 52.5 Å². The molecule has 0 aliphatic rings. The van der Waals surface area contributed by atoms with E-state index >= 15 is 0 Å². The zero-order valence-electron chi connectivity index (χ0n) is 11.7. The Morgan fingerprint density at radius 3 is 2.43 bits per heavy atom.